The lowest BCUT2D eigenvalue weighted by atomic mass is 10.0. The molecule has 0 aliphatic rings. The van der Waals surface area contributed by atoms with E-state index in [0.29, 0.717) is 0 Å². The normalized spacial score (nSPS) is 11.9. The van der Waals surface area contributed by atoms with E-state index >= 15 is 0 Å². The van der Waals surface area contributed by atoms with Crippen LogP contribution in [0.1, 0.15) is 72.6 Å². The summed E-state index contributed by atoms with van der Waals surface area (Å²) in [6.45, 7) is 11.3. The topological polar surface area (TPSA) is 12.5 Å². The van der Waals surface area contributed by atoms with Crippen molar-refractivity contribution in [3.8, 4) is 5.75 Å². The third-order valence-electron chi connectivity index (χ3n) is 4.82. The number of methoxy groups -OCH3 is 1. The third-order valence-corrected chi connectivity index (χ3v) is 4.82. The molecular weight excluding hydrogens is 306 g/mol. The molecule has 2 heteroatoms. The SMILES string of the molecule is CCCCCCN(CCC(C)CCC=C(C)C)c1ccc(OC)cc1. The van der Waals surface area contributed by atoms with Crippen molar-refractivity contribution in [3.63, 3.8) is 0 Å². The molecule has 0 saturated heterocycles. The molecule has 0 fully saturated rings. The lowest BCUT2D eigenvalue weighted by Crippen LogP contribution is -2.27. The average molecular weight is 346 g/mol. The summed E-state index contributed by atoms with van der Waals surface area (Å²) < 4.78 is 5.30. The van der Waals surface area contributed by atoms with Crippen LogP contribution >= 0.6 is 0 Å². The van der Waals surface area contributed by atoms with Crippen LogP contribution in [-0.4, -0.2) is 20.2 Å². The minimum absolute atomic E-state index is 0.770. The van der Waals surface area contributed by atoms with Crippen molar-refractivity contribution in [2.75, 3.05) is 25.1 Å². The Morgan fingerprint density at radius 3 is 2.36 bits per heavy atom. The number of nitrogens with zero attached hydrogens (tertiary/aromatic N) is 1. The number of allylic oxidation sites excluding steroid dienone is 2. The number of benzene rings is 1. The Kier molecular flexibility index (Phi) is 11.1. The van der Waals surface area contributed by atoms with Gasteiger partial charge in [0.25, 0.3) is 0 Å². The van der Waals surface area contributed by atoms with Crippen LogP contribution in [0.4, 0.5) is 5.69 Å². The maximum atomic E-state index is 5.30. The lowest BCUT2D eigenvalue weighted by Gasteiger charge is -2.26. The first-order chi connectivity index (χ1) is 12.1. The first kappa shape index (κ1) is 21.6. The van der Waals surface area contributed by atoms with Gasteiger partial charge in [-0.2, -0.15) is 0 Å². The summed E-state index contributed by atoms with van der Waals surface area (Å²) in [6, 6.07) is 8.55. The predicted molar refractivity (Wildman–Crippen MR) is 112 cm³/mol. The van der Waals surface area contributed by atoms with Gasteiger partial charge in [-0.3, -0.25) is 0 Å². The van der Waals surface area contributed by atoms with Crippen LogP contribution < -0.4 is 9.64 Å². The molecule has 0 radical (unpaired) electrons. The van der Waals surface area contributed by atoms with Gasteiger partial charge in [0.2, 0.25) is 0 Å². The van der Waals surface area contributed by atoms with E-state index in [9.17, 15) is 0 Å². The third kappa shape index (κ3) is 9.57. The molecule has 0 aromatic heterocycles. The van der Waals surface area contributed by atoms with Gasteiger partial charge in [-0.15, -0.1) is 0 Å². The van der Waals surface area contributed by atoms with Crippen molar-refractivity contribution in [3.05, 3.63) is 35.9 Å². The standard InChI is InChI=1S/C23H39NO/c1-6-7-8-9-18-24(22-13-15-23(25-5)16-14-22)19-17-21(4)12-10-11-20(2)3/h11,13-16,21H,6-10,12,17-19H2,1-5H3. The molecule has 1 rings (SSSR count). The Labute approximate surface area is 156 Å². The maximum absolute atomic E-state index is 5.30. The minimum Gasteiger partial charge on any atom is -0.497 e. The number of ether oxygens (including phenoxy) is 1. The molecule has 1 aromatic rings. The van der Waals surface area contributed by atoms with Gasteiger partial charge in [-0.1, -0.05) is 44.8 Å². The number of unbranched alkanes of at least 4 members (excludes halogenated alkanes) is 3. The molecule has 2 nitrogen and oxygen atoms in total. The summed E-state index contributed by atoms with van der Waals surface area (Å²) >= 11 is 0. The minimum atomic E-state index is 0.770. The highest BCUT2D eigenvalue weighted by Crippen LogP contribution is 2.22. The maximum Gasteiger partial charge on any atom is 0.119 e. The Bertz CT molecular complexity index is 473. The Balaban J connectivity index is 2.55. The zero-order chi connectivity index (χ0) is 18.5. The summed E-state index contributed by atoms with van der Waals surface area (Å²) in [5.74, 6) is 1.71. The highest BCUT2D eigenvalue weighted by molar-refractivity contribution is 5.49. The predicted octanol–water partition coefficient (Wildman–Crippen LogP) is 6.85. The van der Waals surface area contributed by atoms with E-state index in [-0.39, 0.29) is 0 Å². The van der Waals surface area contributed by atoms with Gasteiger partial charge in [-0.05, 0) is 69.7 Å². The molecule has 0 amide bonds. The fraction of sp³-hybridized carbons (Fsp3) is 0.652. The molecule has 1 unspecified atom stereocenters. The van der Waals surface area contributed by atoms with Crippen LogP contribution in [-0.2, 0) is 0 Å². The quantitative estimate of drug-likeness (QED) is 0.286. The molecule has 1 atom stereocenters. The summed E-state index contributed by atoms with van der Waals surface area (Å²) in [5, 5.41) is 0. The van der Waals surface area contributed by atoms with Crippen LogP contribution in [0.25, 0.3) is 0 Å². The zero-order valence-electron chi connectivity index (χ0n) is 17.2. The number of rotatable bonds is 13. The van der Waals surface area contributed by atoms with E-state index in [1.165, 1.54) is 56.2 Å². The van der Waals surface area contributed by atoms with Crippen LogP contribution in [0.5, 0.6) is 5.75 Å². The molecule has 0 aliphatic carbocycles. The van der Waals surface area contributed by atoms with Crippen LogP contribution in [0.2, 0.25) is 0 Å². The first-order valence-electron chi connectivity index (χ1n) is 10.1. The van der Waals surface area contributed by atoms with Gasteiger partial charge in [-0.25, -0.2) is 0 Å². The Morgan fingerprint density at radius 1 is 1.04 bits per heavy atom. The van der Waals surface area contributed by atoms with Crippen LogP contribution in [0.15, 0.2) is 35.9 Å². The van der Waals surface area contributed by atoms with Crippen molar-refractivity contribution in [1.29, 1.82) is 0 Å². The van der Waals surface area contributed by atoms with Crippen LogP contribution in [0.3, 0.4) is 0 Å². The van der Waals surface area contributed by atoms with E-state index in [0.717, 1.165) is 24.8 Å². The molecule has 0 spiro atoms. The smallest absolute Gasteiger partial charge is 0.119 e. The largest absolute Gasteiger partial charge is 0.497 e. The van der Waals surface area contributed by atoms with Crippen molar-refractivity contribution < 1.29 is 4.74 Å². The Hall–Kier alpha value is -1.44. The average Bonchev–Trinajstić information content (AvgIpc) is 2.61. The van der Waals surface area contributed by atoms with E-state index in [2.05, 4.69) is 62.9 Å². The summed E-state index contributed by atoms with van der Waals surface area (Å²) in [4.78, 5) is 2.56. The fourth-order valence-electron chi connectivity index (χ4n) is 3.07. The summed E-state index contributed by atoms with van der Waals surface area (Å²) in [6.07, 6.45) is 11.4. The van der Waals surface area contributed by atoms with Crippen LogP contribution in [0, 0.1) is 5.92 Å². The fourth-order valence-corrected chi connectivity index (χ4v) is 3.07. The second-order valence-corrected chi connectivity index (χ2v) is 7.50. The lowest BCUT2D eigenvalue weighted by molar-refractivity contribution is 0.414. The molecule has 0 aliphatic heterocycles. The molecule has 0 saturated carbocycles. The summed E-state index contributed by atoms with van der Waals surface area (Å²) in [5.41, 5.74) is 2.76. The van der Waals surface area contributed by atoms with E-state index in [1.54, 1.807) is 7.11 Å². The van der Waals surface area contributed by atoms with Gasteiger partial charge in [0.15, 0.2) is 0 Å². The van der Waals surface area contributed by atoms with Crippen molar-refractivity contribution in [1.82, 2.24) is 0 Å². The molecule has 142 valence electrons. The van der Waals surface area contributed by atoms with Gasteiger partial charge >= 0.3 is 0 Å². The van der Waals surface area contributed by atoms with Crippen molar-refractivity contribution >= 4 is 5.69 Å². The zero-order valence-corrected chi connectivity index (χ0v) is 17.2. The van der Waals surface area contributed by atoms with Gasteiger partial charge in [0.05, 0.1) is 7.11 Å². The molecular formula is C23H39NO. The van der Waals surface area contributed by atoms with E-state index in [1.807, 2.05) is 0 Å². The van der Waals surface area contributed by atoms with E-state index < -0.39 is 0 Å². The van der Waals surface area contributed by atoms with E-state index in [4.69, 9.17) is 4.74 Å². The second-order valence-electron chi connectivity index (χ2n) is 7.50. The molecule has 25 heavy (non-hydrogen) atoms. The highest BCUT2D eigenvalue weighted by Gasteiger charge is 2.09. The molecule has 1 aromatic carbocycles. The van der Waals surface area contributed by atoms with Gasteiger partial charge < -0.3 is 9.64 Å². The highest BCUT2D eigenvalue weighted by atomic mass is 16.5. The molecule has 0 bridgehead atoms. The van der Waals surface area contributed by atoms with Crippen molar-refractivity contribution in [2.45, 2.75) is 72.6 Å². The first-order valence-corrected chi connectivity index (χ1v) is 10.1. The Morgan fingerprint density at radius 2 is 1.76 bits per heavy atom. The molecule has 0 N–H and O–H groups in total. The van der Waals surface area contributed by atoms with Gasteiger partial charge in [0, 0.05) is 18.8 Å². The second kappa shape index (κ2) is 12.9. The monoisotopic (exact) mass is 345 g/mol. The number of anilines is 1. The summed E-state index contributed by atoms with van der Waals surface area (Å²) in [7, 11) is 1.73. The van der Waals surface area contributed by atoms with Gasteiger partial charge in [0.1, 0.15) is 5.75 Å². The number of hydrogen-bond donors (Lipinski definition) is 0. The van der Waals surface area contributed by atoms with Crippen molar-refractivity contribution in [2.24, 2.45) is 5.92 Å². The number of hydrogen-bond acceptors (Lipinski definition) is 2. The molecule has 0 heterocycles.